The molecule has 1 aliphatic rings. The van der Waals surface area contributed by atoms with E-state index < -0.39 is 6.04 Å². The monoisotopic (exact) mass is 410 g/mol. The summed E-state index contributed by atoms with van der Waals surface area (Å²) in [5, 5.41) is 10.8. The fourth-order valence-electron chi connectivity index (χ4n) is 4.30. The fourth-order valence-corrected chi connectivity index (χ4v) is 4.30. The van der Waals surface area contributed by atoms with Crippen molar-refractivity contribution in [3.8, 4) is 5.75 Å². The number of nitrogens with zero attached hydrogens (tertiary/aromatic N) is 2. The second-order valence-corrected chi connectivity index (χ2v) is 8.23. The lowest BCUT2D eigenvalue weighted by Gasteiger charge is -2.37. The Morgan fingerprint density at radius 3 is 2.63 bits per heavy atom. The Bertz CT molecular complexity index is 1070. The van der Waals surface area contributed by atoms with E-state index in [1.54, 1.807) is 36.0 Å². The van der Waals surface area contributed by atoms with Crippen LogP contribution in [0.5, 0.6) is 5.75 Å². The normalized spacial score (nSPS) is 16.6. The molecule has 158 valence electrons. The van der Waals surface area contributed by atoms with Crippen LogP contribution in [0.1, 0.15) is 48.4 Å². The number of aromatic nitrogens is 1. The summed E-state index contributed by atoms with van der Waals surface area (Å²) in [6.07, 6.45) is 3.57. The van der Waals surface area contributed by atoms with Gasteiger partial charge in [-0.05, 0) is 74.7 Å². The van der Waals surface area contributed by atoms with Gasteiger partial charge in [-0.3, -0.25) is 9.69 Å². The first-order valence-electron chi connectivity index (χ1n) is 10.4. The average molecular weight is 410 g/mol. The number of halogens is 1. The third-order valence-corrected chi connectivity index (χ3v) is 6.04. The molecule has 1 N–H and O–H groups in total. The molecular weight excluding hydrogens is 383 g/mol. The van der Waals surface area contributed by atoms with Gasteiger partial charge in [0.2, 0.25) is 0 Å². The summed E-state index contributed by atoms with van der Waals surface area (Å²) in [7, 11) is 0. The molecule has 30 heavy (non-hydrogen) atoms. The van der Waals surface area contributed by atoms with Gasteiger partial charge in [0.15, 0.2) is 0 Å². The van der Waals surface area contributed by atoms with Gasteiger partial charge >= 0.3 is 0 Å². The smallest absolute Gasteiger partial charge is 0.260 e. The second kappa shape index (κ2) is 8.48. The molecule has 1 atom stereocenters. The zero-order valence-electron chi connectivity index (χ0n) is 17.3. The van der Waals surface area contributed by atoms with Crippen LogP contribution in [0.25, 0.3) is 0 Å². The van der Waals surface area contributed by atoms with Gasteiger partial charge in [0.25, 0.3) is 5.56 Å². The van der Waals surface area contributed by atoms with Gasteiger partial charge in [-0.25, -0.2) is 4.39 Å². The first kappa shape index (κ1) is 20.4. The molecule has 0 radical (unpaired) electrons. The van der Waals surface area contributed by atoms with E-state index in [9.17, 15) is 14.3 Å². The van der Waals surface area contributed by atoms with E-state index >= 15 is 0 Å². The number of benzene rings is 1. The Hall–Kier alpha value is -2.86. The van der Waals surface area contributed by atoms with Crippen LogP contribution >= 0.6 is 0 Å². The van der Waals surface area contributed by atoms with Crippen molar-refractivity contribution in [2.45, 2.75) is 39.3 Å². The SMILES string of the molecule is Cc1cc(O)c([C@H](c2cccc(F)c2)N2CCC(C)CC2)c(=O)n1Cc1ccco1. The molecule has 5 nitrogen and oxygen atoms in total. The molecule has 2 aromatic heterocycles. The lowest BCUT2D eigenvalue weighted by atomic mass is 9.92. The molecule has 1 aromatic carbocycles. The van der Waals surface area contributed by atoms with E-state index in [2.05, 4.69) is 11.8 Å². The third-order valence-electron chi connectivity index (χ3n) is 6.04. The molecule has 1 saturated heterocycles. The number of hydrogen-bond donors (Lipinski definition) is 1. The number of aryl methyl sites for hydroxylation is 1. The van der Waals surface area contributed by atoms with Gasteiger partial charge in [0.1, 0.15) is 17.3 Å². The van der Waals surface area contributed by atoms with Gasteiger partial charge in [-0.1, -0.05) is 19.1 Å². The molecule has 0 amide bonds. The largest absolute Gasteiger partial charge is 0.507 e. The van der Waals surface area contributed by atoms with Crippen LogP contribution in [0, 0.1) is 18.7 Å². The van der Waals surface area contributed by atoms with E-state index in [1.165, 1.54) is 12.1 Å². The minimum absolute atomic E-state index is 0.0546. The third kappa shape index (κ3) is 4.05. The summed E-state index contributed by atoms with van der Waals surface area (Å²) < 4.78 is 21.1. The zero-order valence-corrected chi connectivity index (χ0v) is 17.3. The van der Waals surface area contributed by atoms with E-state index in [1.807, 2.05) is 12.1 Å². The van der Waals surface area contributed by atoms with Crippen LogP contribution in [0.3, 0.4) is 0 Å². The van der Waals surface area contributed by atoms with Gasteiger partial charge in [0.05, 0.1) is 24.4 Å². The Balaban J connectivity index is 1.84. The summed E-state index contributed by atoms with van der Waals surface area (Å²) in [5.41, 5.74) is 1.32. The Labute approximate surface area is 175 Å². The molecule has 0 bridgehead atoms. The van der Waals surface area contributed by atoms with Crippen molar-refractivity contribution in [2.24, 2.45) is 5.92 Å². The summed E-state index contributed by atoms with van der Waals surface area (Å²) in [5.74, 6) is 0.856. The Kier molecular flexibility index (Phi) is 5.77. The van der Waals surface area contributed by atoms with Crippen LogP contribution in [-0.2, 0) is 6.54 Å². The van der Waals surface area contributed by atoms with Crippen LogP contribution in [0.4, 0.5) is 4.39 Å². The quantitative estimate of drug-likeness (QED) is 0.675. The topological polar surface area (TPSA) is 58.6 Å². The predicted molar refractivity (Wildman–Crippen MR) is 113 cm³/mol. The van der Waals surface area contributed by atoms with Crippen molar-refractivity contribution in [3.05, 3.63) is 87.5 Å². The van der Waals surface area contributed by atoms with E-state index in [0.29, 0.717) is 22.9 Å². The molecule has 0 unspecified atom stereocenters. The summed E-state index contributed by atoms with van der Waals surface area (Å²) in [6.45, 7) is 5.85. The van der Waals surface area contributed by atoms with Gasteiger partial charge in [-0.15, -0.1) is 0 Å². The molecule has 0 saturated carbocycles. The van der Waals surface area contributed by atoms with Crippen LogP contribution in [0.15, 0.2) is 57.9 Å². The first-order chi connectivity index (χ1) is 14.4. The van der Waals surface area contributed by atoms with Crippen molar-refractivity contribution in [1.82, 2.24) is 9.47 Å². The van der Waals surface area contributed by atoms with Crippen molar-refractivity contribution in [3.63, 3.8) is 0 Å². The number of rotatable bonds is 5. The van der Waals surface area contributed by atoms with Gasteiger partial charge < -0.3 is 14.1 Å². The highest BCUT2D eigenvalue weighted by atomic mass is 19.1. The maximum absolute atomic E-state index is 14.1. The maximum Gasteiger partial charge on any atom is 0.260 e. The standard InChI is InChI=1S/C24H27FN2O3/c1-16-8-10-26(11-9-16)23(18-5-3-6-19(25)14-18)22-21(28)13-17(2)27(24(22)29)15-20-7-4-12-30-20/h3-7,12-14,16,23,28H,8-11,15H2,1-2H3/t23-/m0/s1. The molecule has 1 fully saturated rings. The van der Waals surface area contributed by atoms with Crippen molar-refractivity contribution < 1.29 is 13.9 Å². The van der Waals surface area contributed by atoms with E-state index in [0.717, 1.165) is 25.9 Å². The van der Waals surface area contributed by atoms with Crippen LogP contribution < -0.4 is 5.56 Å². The van der Waals surface area contributed by atoms with Crippen molar-refractivity contribution in [1.29, 1.82) is 0 Å². The highest BCUT2D eigenvalue weighted by Gasteiger charge is 2.31. The van der Waals surface area contributed by atoms with Gasteiger partial charge in [-0.2, -0.15) is 0 Å². The van der Waals surface area contributed by atoms with E-state index in [4.69, 9.17) is 4.42 Å². The Morgan fingerprint density at radius 2 is 1.97 bits per heavy atom. The highest BCUT2D eigenvalue weighted by Crippen LogP contribution is 2.35. The average Bonchev–Trinajstić information content (AvgIpc) is 3.22. The number of pyridine rings is 1. The molecule has 0 aliphatic carbocycles. The maximum atomic E-state index is 14.1. The lowest BCUT2D eigenvalue weighted by molar-refractivity contribution is 0.154. The molecule has 3 aromatic rings. The first-order valence-corrected chi connectivity index (χ1v) is 10.4. The number of piperidine rings is 1. The number of furan rings is 1. The van der Waals surface area contributed by atoms with Crippen LogP contribution in [0.2, 0.25) is 0 Å². The van der Waals surface area contributed by atoms with Crippen molar-refractivity contribution in [2.75, 3.05) is 13.1 Å². The second-order valence-electron chi connectivity index (χ2n) is 8.23. The number of hydrogen-bond acceptors (Lipinski definition) is 4. The van der Waals surface area contributed by atoms with Crippen molar-refractivity contribution >= 4 is 0 Å². The summed E-state index contributed by atoms with van der Waals surface area (Å²) in [4.78, 5) is 15.8. The Morgan fingerprint density at radius 1 is 1.20 bits per heavy atom. The summed E-state index contributed by atoms with van der Waals surface area (Å²) >= 11 is 0. The highest BCUT2D eigenvalue weighted by molar-refractivity contribution is 5.41. The molecule has 4 rings (SSSR count). The lowest BCUT2D eigenvalue weighted by Crippen LogP contribution is -2.40. The minimum atomic E-state index is -0.510. The fraction of sp³-hybridized carbons (Fsp3) is 0.375. The summed E-state index contributed by atoms with van der Waals surface area (Å²) in [6, 6.07) is 11.0. The van der Waals surface area contributed by atoms with Crippen LogP contribution in [-0.4, -0.2) is 27.7 Å². The van der Waals surface area contributed by atoms with Gasteiger partial charge in [0, 0.05) is 5.69 Å². The molecule has 3 heterocycles. The molecule has 0 spiro atoms. The molecule has 6 heteroatoms. The zero-order chi connectivity index (χ0) is 21.3. The number of likely N-dealkylation sites (tertiary alicyclic amines) is 1. The molecular formula is C24H27FN2O3. The minimum Gasteiger partial charge on any atom is -0.507 e. The number of aromatic hydroxyl groups is 1. The predicted octanol–water partition coefficient (Wildman–Crippen LogP) is 4.46. The van der Waals surface area contributed by atoms with E-state index in [-0.39, 0.29) is 29.2 Å². The molecule has 1 aliphatic heterocycles.